The van der Waals surface area contributed by atoms with Crippen LogP contribution in [-0.2, 0) is 0 Å². The molecule has 0 saturated heterocycles. The molecule has 1 aromatic carbocycles. The van der Waals surface area contributed by atoms with Crippen molar-refractivity contribution in [2.24, 2.45) is 0 Å². The van der Waals surface area contributed by atoms with Crippen molar-refractivity contribution in [1.82, 2.24) is 4.98 Å². The minimum absolute atomic E-state index is 0.694. The largest absolute Gasteiger partial charge is 0.353 e. The highest BCUT2D eigenvalue weighted by Crippen LogP contribution is 2.15. The number of hydrogen-bond donors (Lipinski definition) is 1. The summed E-state index contributed by atoms with van der Waals surface area (Å²) in [6.45, 7) is 0. The Labute approximate surface area is 64.1 Å². The molecule has 0 atom stereocenters. The number of hydrogen-bond acceptors (Lipinski definition) is 1. The second kappa shape index (κ2) is 2.14. The van der Waals surface area contributed by atoms with Crippen LogP contribution in [-0.4, -0.2) is 4.98 Å². The minimum atomic E-state index is 0.694. The Morgan fingerprint density at radius 1 is 1.45 bits per heavy atom. The predicted molar refractivity (Wildman–Crippen MR) is 41.8 cm³/mol. The van der Waals surface area contributed by atoms with Gasteiger partial charge in [-0.05, 0) is 18.2 Å². The molecule has 0 aliphatic heterocycles. The van der Waals surface area contributed by atoms with Crippen molar-refractivity contribution in [3.05, 3.63) is 36.0 Å². The van der Waals surface area contributed by atoms with Crippen molar-refractivity contribution < 1.29 is 0 Å². The molecular weight excluding hydrogens is 136 g/mol. The van der Waals surface area contributed by atoms with E-state index in [1.807, 2.05) is 12.1 Å². The average Bonchev–Trinajstić information content (AvgIpc) is 2.50. The smallest absolute Gasteiger partial charge is 0.0998 e. The zero-order valence-corrected chi connectivity index (χ0v) is 5.76. The van der Waals surface area contributed by atoms with E-state index >= 15 is 0 Å². The third-order valence-corrected chi connectivity index (χ3v) is 1.65. The van der Waals surface area contributed by atoms with Crippen molar-refractivity contribution >= 4 is 10.9 Å². The lowest BCUT2D eigenvalue weighted by Gasteiger charge is -1.89. The Kier molecular flexibility index (Phi) is 1.16. The lowest BCUT2D eigenvalue weighted by molar-refractivity contribution is 1.45. The molecule has 0 fully saturated rings. The Balaban J connectivity index is 2.92. The minimum Gasteiger partial charge on any atom is -0.353 e. The molecule has 1 aromatic heterocycles. The fourth-order valence-electron chi connectivity index (χ4n) is 1.11. The number of aromatic nitrogens is 1. The van der Waals surface area contributed by atoms with Crippen LogP contribution in [0.15, 0.2) is 24.3 Å². The van der Waals surface area contributed by atoms with Gasteiger partial charge in [0.25, 0.3) is 0 Å². The van der Waals surface area contributed by atoms with Gasteiger partial charge in [-0.2, -0.15) is 5.26 Å². The molecule has 2 heteroatoms. The van der Waals surface area contributed by atoms with E-state index in [0.717, 1.165) is 10.9 Å². The maximum atomic E-state index is 8.68. The Morgan fingerprint density at radius 2 is 2.36 bits per heavy atom. The molecule has 11 heavy (non-hydrogen) atoms. The number of H-pyrrole nitrogens is 1. The van der Waals surface area contributed by atoms with Gasteiger partial charge >= 0.3 is 0 Å². The van der Waals surface area contributed by atoms with E-state index < -0.39 is 0 Å². The fraction of sp³-hybridized carbons (Fsp3) is 0. The Morgan fingerprint density at radius 3 is 3.18 bits per heavy atom. The van der Waals surface area contributed by atoms with Gasteiger partial charge in [0, 0.05) is 10.9 Å². The topological polar surface area (TPSA) is 39.6 Å². The van der Waals surface area contributed by atoms with Gasteiger partial charge in [-0.1, -0.05) is 6.07 Å². The number of benzene rings is 1. The van der Waals surface area contributed by atoms with E-state index in [4.69, 9.17) is 5.26 Å². The molecule has 0 aliphatic carbocycles. The maximum Gasteiger partial charge on any atom is 0.0998 e. The van der Waals surface area contributed by atoms with Gasteiger partial charge in [-0.25, -0.2) is 0 Å². The molecule has 2 rings (SSSR count). The highest BCUT2D eigenvalue weighted by atomic mass is 14.7. The monoisotopic (exact) mass is 141 g/mol. The summed E-state index contributed by atoms with van der Waals surface area (Å²) in [5, 5.41) is 9.62. The van der Waals surface area contributed by atoms with E-state index in [0.29, 0.717) is 5.56 Å². The van der Waals surface area contributed by atoms with Crippen molar-refractivity contribution in [2.75, 3.05) is 0 Å². The number of rotatable bonds is 0. The third-order valence-electron chi connectivity index (χ3n) is 1.65. The second-order valence-electron chi connectivity index (χ2n) is 2.29. The first-order valence-electron chi connectivity index (χ1n) is 3.29. The molecule has 0 saturated carbocycles. The number of nitrogens with one attached hydrogen (secondary N) is 1. The van der Waals surface area contributed by atoms with Gasteiger partial charge in [0.05, 0.1) is 17.8 Å². The van der Waals surface area contributed by atoms with Crippen LogP contribution in [0.5, 0.6) is 0 Å². The zero-order chi connectivity index (χ0) is 7.68. The molecule has 0 amide bonds. The van der Waals surface area contributed by atoms with Gasteiger partial charge in [0.15, 0.2) is 0 Å². The van der Waals surface area contributed by atoms with Crippen LogP contribution in [0.3, 0.4) is 0 Å². The molecule has 51 valence electrons. The predicted octanol–water partition coefficient (Wildman–Crippen LogP) is 1.84. The van der Waals surface area contributed by atoms with Crippen LogP contribution >= 0.6 is 0 Å². The third kappa shape index (κ3) is 0.786. The molecule has 1 N–H and O–H groups in total. The van der Waals surface area contributed by atoms with E-state index in [9.17, 15) is 0 Å². The number of aromatic amines is 1. The van der Waals surface area contributed by atoms with E-state index in [2.05, 4.69) is 17.3 Å². The Bertz CT molecular complexity index is 420. The summed E-state index contributed by atoms with van der Waals surface area (Å²) in [6.07, 6.45) is 2.84. The quantitative estimate of drug-likeness (QED) is 0.597. The van der Waals surface area contributed by atoms with Gasteiger partial charge < -0.3 is 4.98 Å². The van der Waals surface area contributed by atoms with Crippen molar-refractivity contribution in [3.63, 3.8) is 0 Å². The first kappa shape index (κ1) is 5.99. The Hall–Kier alpha value is -1.75. The van der Waals surface area contributed by atoms with Crippen LogP contribution in [0.4, 0.5) is 0 Å². The van der Waals surface area contributed by atoms with Crippen molar-refractivity contribution in [1.29, 1.82) is 5.26 Å². The van der Waals surface area contributed by atoms with Gasteiger partial charge in [-0.15, -0.1) is 0 Å². The van der Waals surface area contributed by atoms with Gasteiger partial charge in [0.2, 0.25) is 0 Å². The molecular formula is C9H5N2. The summed E-state index contributed by atoms with van der Waals surface area (Å²) in [7, 11) is 0. The highest BCUT2D eigenvalue weighted by Gasteiger charge is 1.98. The molecule has 0 spiro atoms. The summed E-state index contributed by atoms with van der Waals surface area (Å²) in [6, 6.07) is 9.47. The van der Waals surface area contributed by atoms with E-state index in [-0.39, 0.29) is 0 Å². The lowest BCUT2D eigenvalue weighted by Crippen LogP contribution is -1.73. The summed E-state index contributed by atoms with van der Waals surface area (Å²) >= 11 is 0. The molecule has 1 heterocycles. The summed E-state index contributed by atoms with van der Waals surface area (Å²) in [4.78, 5) is 2.92. The van der Waals surface area contributed by atoms with Crippen LogP contribution in [0, 0.1) is 17.5 Å². The lowest BCUT2D eigenvalue weighted by atomic mass is 10.1. The van der Waals surface area contributed by atoms with Gasteiger partial charge in [-0.3, -0.25) is 0 Å². The van der Waals surface area contributed by atoms with Crippen LogP contribution in [0.2, 0.25) is 0 Å². The second-order valence-corrected chi connectivity index (χ2v) is 2.29. The molecule has 2 nitrogen and oxygen atoms in total. The molecule has 0 unspecified atom stereocenters. The maximum absolute atomic E-state index is 8.68. The SMILES string of the molecule is N#Cc1cccc2[nH][c]cc12. The van der Waals surface area contributed by atoms with Gasteiger partial charge in [0.1, 0.15) is 0 Å². The van der Waals surface area contributed by atoms with Crippen molar-refractivity contribution in [3.8, 4) is 6.07 Å². The zero-order valence-electron chi connectivity index (χ0n) is 5.76. The van der Waals surface area contributed by atoms with Crippen molar-refractivity contribution in [2.45, 2.75) is 0 Å². The number of fused-ring (bicyclic) bond motifs is 1. The average molecular weight is 141 g/mol. The molecule has 0 aliphatic rings. The fourth-order valence-corrected chi connectivity index (χ4v) is 1.11. The molecule has 1 radical (unpaired) electrons. The number of nitrogens with zero attached hydrogens (tertiary/aromatic N) is 1. The summed E-state index contributed by atoms with van der Waals surface area (Å²) in [5.41, 5.74) is 1.66. The van der Waals surface area contributed by atoms with Crippen LogP contribution in [0.1, 0.15) is 5.56 Å². The van der Waals surface area contributed by atoms with Crippen LogP contribution < -0.4 is 0 Å². The normalized spacial score (nSPS) is 9.73. The van der Waals surface area contributed by atoms with Crippen LogP contribution in [0.25, 0.3) is 10.9 Å². The highest BCUT2D eigenvalue weighted by molar-refractivity contribution is 5.84. The molecule has 0 bridgehead atoms. The molecule has 2 aromatic rings. The van der Waals surface area contributed by atoms with E-state index in [1.165, 1.54) is 0 Å². The summed E-state index contributed by atoms with van der Waals surface area (Å²) < 4.78 is 0. The summed E-state index contributed by atoms with van der Waals surface area (Å²) in [5.74, 6) is 0. The first-order chi connectivity index (χ1) is 5.42. The first-order valence-corrected chi connectivity index (χ1v) is 3.29. The standard InChI is InChI=1S/C9H5N2/c10-6-7-2-1-3-9-8(7)4-5-11-9/h1-4,11H. The number of nitriles is 1. The van der Waals surface area contributed by atoms with E-state index in [1.54, 1.807) is 12.1 Å².